The van der Waals surface area contributed by atoms with Crippen molar-refractivity contribution in [3.05, 3.63) is 29.3 Å². The number of urea groups is 1. The van der Waals surface area contributed by atoms with Gasteiger partial charge in [0.1, 0.15) is 5.75 Å². The zero-order valence-corrected chi connectivity index (χ0v) is 17.7. The van der Waals surface area contributed by atoms with E-state index in [1.807, 2.05) is 4.90 Å². The summed E-state index contributed by atoms with van der Waals surface area (Å²) in [4.78, 5) is 16.8. The van der Waals surface area contributed by atoms with E-state index >= 15 is 0 Å². The molecule has 4 rings (SSSR count). The molecule has 29 heavy (non-hydrogen) atoms. The molecule has 1 aliphatic carbocycles. The van der Waals surface area contributed by atoms with Crippen LogP contribution in [0.2, 0.25) is 0 Å². The molecule has 6 nitrogen and oxygen atoms in total. The summed E-state index contributed by atoms with van der Waals surface area (Å²) in [6.45, 7) is 8.61. The van der Waals surface area contributed by atoms with E-state index in [2.05, 4.69) is 35.3 Å². The van der Waals surface area contributed by atoms with Crippen LogP contribution in [0, 0.1) is 5.92 Å². The maximum Gasteiger partial charge on any atom is 0.317 e. The van der Waals surface area contributed by atoms with Gasteiger partial charge in [-0.25, -0.2) is 4.79 Å². The minimum atomic E-state index is 0.0413. The van der Waals surface area contributed by atoms with Crippen molar-refractivity contribution in [2.24, 2.45) is 5.92 Å². The van der Waals surface area contributed by atoms with Crippen LogP contribution in [0.4, 0.5) is 4.79 Å². The molecule has 1 saturated heterocycles. The Morgan fingerprint density at radius 1 is 1.21 bits per heavy atom. The molecule has 0 bridgehead atoms. The lowest BCUT2D eigenvalue weighted by molar-refractivity contribution is -0.00284. The normalized spacial score (nSPS) is 24.8. The van der Waals surface area contributed by atoms with Crippen LogP contribution in [0.1, 0.15) is 43.7 Å². The third kappa shape index (κ3) is 5.43. The summed E-state index contributed by atoms with van der Waals surface area (Å²) in [5.41, 5.74) is 2.66. The number of carbonyl (C=O) groups excluding carboxylic acids is 1. The summed E-state index contributed by atoms with van der Waals surface area (Å²) < 4.78 is 11.6. The topological polar surface area (TPSA) is 54.0 Å². The van der Waals surface area contributed by atoms with E-state index in [9.17, 15) is 4.79 Å². The number of carbonyl (C=O) groups is 1. The Labute approximate surface area is 174 Å². The van der Waals surface area contributed by atoms with Crippen LogP contribution in [-0.2, 0) is 17.7 Å². The van der Waals surface area contributed by atoms with Crippen LogP contribution in [0.5, 0.6) is 5.75 Å². The van der Waals surface area contributed by atoms with E-state index < -0.39 is 0 Å². The predicted molar refractivity (Wildman–Crippen MR) is 113 cm³/mol. The van der Waals surface area contributed by atoms with Gasteiger partial charge in [-0.2, -0.15) is 0 Å². The van der Waals surface area contributed by atoms with E-state index in [-0.39, 0.29) is 6.03 Å². The maximum absolute atomic E-state index is 12.4. The van der Waals surface area contributed by atoms with Gasteiger partial charge in [-0.3, -0.25) is 4.90 Å². The second-order valence-electron chi connectivity index (χ2n) is 8.71. The molecule has 160 valence electrons. The van der Waals surface area contributed by atoms with Crippen LogP contribution in [0.3, 0.4) is 0 Å². The Kier molecular flexibility index (Phi) is 6.93. The number of nitrogens with one attached hydrogen (secondary N) is 1. The van der Waals surface area contributed by atoms with Crippen LogP contribution in [0.25, 0.3) is 0 Å². The fourth-order valence-corrected chi connectivity index (χ4v) is 4.72. The van der Waals surface area contributed by atoms with Crippen molar-refractivity contribution >= 4 is 6.03 Å². The summed E-state index contributed by atoms with van der Waals surface area (Å²) >= 11 is 0. The number of rotatable bonds is 6. The molecule has 2 heterocycles. The minimum Gasteiger partial charge on any atom is -0.493 e. The first-order valence-electron chi connectivity index (χ1n) is 11.3. The van der Waals surface area contributed by atoms with Crippen LogP contribution >= 0.6 is 0 Å². The third-order valence-corrected chi connectivity index (χ3v) is 6.56. The zero-order chi connectivity index (χ0) is 20.1. The number of ether oxygens (including phenoxy) is 2. The SMILES string of the molecule is CC1CCCCC1OCCNC(=O)N1CCN(Cc2ccc3c(c2)CCO3)CC1. The summed E-state index contributed by atoms with van der Waals surface area (Å²) in [6, 6.07) is 6.57. The molecule has 1 N–H and O–H groups in total. The fraction of sp³-hybridized carbons (Fsp3) is 0.696. The van der Waals surface area contributed by atoms with Crippen LogP contribution < -0.4 is 10.1 Å². The Morgan fingerprint density at radius 2 is 2.03 bits per heavy atom. The maximum atomic E-state index is 12.4. The summed E-state index contributed by atoms with van der Waals surface area (Å²) in [7, 11) is 0. The highest BCUT2D eigenvalue weighted by Crippen LogP contribution is 2.27. The molecule has 6 heteroatoms. The van der Waals surface area contributed by atoms with E-state index in [1.165, 1.54) is 30.4 Å². The molecule has 3 aliphatic rings. The molecular weight excluding hydrogens is 366 g/mol. The lowest BCUT2D eigenvalue weighted by Crippen LogP contribution is -2.51. The van der Waals surface area contributed by atoms with Gasteiger partial charge >= 0.3 is 6.03 Å². The van der Waals surface area contributed by atoms with E-state index in [0.717, 1.165) is 57.9 Å². The molecule has 1 aromatic carbocycles. The van der Waals surface area contributed by atoms with Crippen molar-refractivity contribution in [1.29, 1.82) is 0 Å². The number of amides is 2. The predicted octanol–water partition coefficient (Wildman–Crippen LogP) is 3.04. The quantitative estimate of drug-likeness (QED) is 0.745. The molecule has 2 atom stereocenters. The Balaban J connectivity index is 1.13. The summed E-state index contributed by atoms with van der Waals surface area (Å²) in [6.07, 6.45) is 6.40. The Morgan fingerprint density at radius 3 is 2.86 bits per heavy atom. The van der Waals surface area contributed by atoms with Gasteiger partial charge in [0.05, 0.1) is 19.3 Å². The molecule has 0 radical (unpaired) electrons. The number of hydrogen-bond donors (Lipinski definition) is 1. The molecule has 0 spiro atoms. The molecular formula is C23H35N3O3. The number of hydrogen-bond acceptors (Lipinski definition) is 4. The highest BCUT2D eigenvalue weighted by atomic mass is 16.5. The summed E-state index contributed by atoms with van der Waals surface area (Å²) in [5.74, 6) is 1.68. The van der Waals surface area contributed by atoms with Crippen molar-refractivity contribution in [2.45, 2.75) is 51.7 Å². The molecule has 2 unspecified atom stereocenters. The van der Waals surface area contributed by atoms with E-state index in [1.54, 1.807) is 0 Å². The van der Waals surface area contributed by atoms with E-state index in [0.29, 0.717) is 25.2 Å². The smallest absolute Gasteiger partial charge is 0.317 e. The van der Waals surface area contributed by atoms with E-state index in [4.69, 9.17) is 9.47 Å². The van der Waals surface area contributed by atoms with Crippen molar-refractivity contribution in [3.8, 4) is 5.75 Å². The molecule has 2 amide bonds. The van der Waals surface area contributed by atoms with Crippen molar-refractivity contribution in [3.63, 3.8) is 0 Å². The van der Waals surface area contributed by atoms with Gasteiger partial charge < -0.3 is 19.7 Å². The largest absolute Gasteiger partial charge is 0.493 e. The van der Waals surface area contributed by atoms with Gasteiger partial charge in [0, 0.05) is 45.7 Å². The van der Waals surface area contributed by atoms with Gasteiger partial charge in [0.15, 0.2) is 0 Å². The van der Waals surface area contributed by atoms with Crippen molar-refractivity contribution in [1.82, 2.24) is 15.1 Å². The number of nitrogens with zero attached hydrogens (tertiary/aromatic N) is 2. The van der Waals surface area contributed by atoms with Crippen LogP contribution in [0.15, 0.2) is 18.2 Å². The number of fused-ring (bicyclic) bond motifs is 1. The number of piperazine rings is 1. The molecule has 1 saturated carbocycles. The second kappa shape index (κ2) is 9.81. The second-order valence-corrected chi connectivity index (χ2v) is 8.71. The highest BCUT2D eigenvalue weighted by Gasteiger charge is 2.23. The Bertz CT molecular complexity index is 688. The van der Waals surface area contributed by atoms with Gasteiger partial charge in [0.25, 0.3) is 0 Å². The van der Waals surface area contributed by atoms with Crippen molar-refractivity contribution in [2.75, 3.05) is 45.9 Å². The van der Waals surface area contributed by atoms with Crippen LogP contribution in [-0.4, -0.2) is 67.9 Å². The van der Waals surface area contributed by atoms with Gasteiger partial charge in [0.2, 0.25) is 0 Å². The third-order valence-electron chi connectivity index (χ3n) is 6.56. The first-order chi connectivity index (χ1) is 14.2. The monoisotopic (exact) mass is 401 g/mol. The van der Waals surface area contributed by atoms with Gasteiger partial charge in [-0.1, -0.05) is 31.9 Å². The lowest BCUT2D eigenvalue weighted by Gasteiger charge is -2.35. The first-order valence-corrected chi connectivity index (χ1v) is 11.3. The standard InChI is InChI=1S/C23H35N3O3/c1-18-4-2-3-5-21(18)29-15-9-24-23(27)26-12-10-25(11-13-26)17-19-6-7-22-20(16-19)8-14-28-22/h6-7,16,18,21H,2-5,8-15,17H2,1H3,(H,24,27). The zero-order valence-electron chi connectivity index (χ0n) is 17.7. The Hall–Kier alpha value is -1.79. The van der Waals surface area contributed by atoms with Gasteiger partial charge in [-0.15, -0.1) is 0 Å². The van der Waals surface area contributed by atoms with Crippen molar-refractivity contribution < 1.29 is 14.3 Å². The minimum absolute atomic E-state index is 0.0413. The summed E-state index contributed by atoms with van der Waals surface area (Å²) in [5, 5.41) is 3.03. The fourth-order valence-electron chi connectivity index (χ4n) is 4.72. The molecule has 2 aliphatic heterocycles. The number of benzene rings is 1. The lowest BCUT2D eigenvalue weighted by atomic mass is 9.88. The molecule has 0 aromatic heterocycles. The first kappa shape index (κ1) is 20.5. The van der Waals surface area contributed by atoms with Gasteiger partial charge in [-0.05, 0) is 36.0 Å². The average molecular weight is 402 g/mol. The molecule has 1 aromatic rings. The highest BCUT2D eigenvalue weighted by molar-refractivity contribution is 5.74. The average Bonchev–Trinajstić information content (AvgIpc) is 3.21. The molecule has 2 fully saturated rings.